The fourth-order valence-electron chi connectivity index (χ4n) is 1.36. The quantitative estimate of drug-likeness (QED) is 0.760. The van der Waals surface area contributed by atoms with E-state index < -0.39 is 17.9 Å². The molecule has 0 aliphatic heterocycles. The van der Waals surface area contributed by atoms with Gasteiger partial charge in [0.15, 0.2) is 0 Å². The number of halogens is 1. The lowest BCUT2D eigenvalue weighted by Crippen LogP contribution is -2.36. The average Bonchev–Trinajstić information content (AvgIpc) is 2.30. The van der Waals surface area contributed by atoms with Crippen LogP contribution in [0.5, 0.6) is 0 Å². The fourth-order valence-corrected chi connectivity index (χ4v) is 1.54. The number of carboxylic acid groups (broad SMARTS) is 1. The molecule has 1 aromatic carbocycles. The van der Waals surface area contributed by atoms with Gasteiger partial charge < -0.3 is 16.2 Å². The van der Waals surface area contributed by atoms with Crippen LogP contribution in [0.1, 0.15) is 18.4 Å². The third kappa shape index (κ3) is 4.35. The molecule has 0 bridgehead atoms. The molecule has 6 heteroatoms. The Morgan fingerprint density at radius 1 is 1.50 bits per heavy atom. The highest BCUT2D eigenvalue weighted by molar-refractivity contribution is 6.31. The van der Waals surface area contributed by atoms with Crippen molar-refractivity contribution in [1.82, 2.24) is 0 Å². The van der Waals surface area contributed by atoms with Crippen LogP contribution in [0, 0.1) is 6.92 Å². The van der Waals surface area contributed by atoms with Crippen molar-refractivity contribution >= 4 is 29.2 Å². The second kappa shape index (κ2) is 6.37. The molecule has 0 aromatic heterocycles. The van der Waals surface area contributed by atoms with Gasteiger partial charge in [0.2, 0.25) is 5.91 Å². The number of aryl methyl sites for hydroxylation is 1. The van der Waals surface area contributed by atoms with Gasteiger partial charge in [0, 0.05) is 17.1 Å². The van der Waals surface area contributed by atoms with E-state index in [1.54, 1.807) is 18.2 Å². The minimum atomic E-state index is -0.975. The van der Waals surface area contributed by atoms with Gasteiger partial charge in [-0.05, 0) is 31.0 Å². The third-order valence-corrected chi connectivity index (χ3v) is 2.70. The number of hydrogen-bond acceptors (Lipinski definition) is 3. The molecule has 98 valence electrons. The minimum Gasteiger partial charge on any atom is -0.481 e. The molecule has 0 radical (unpaired) electrons. The summed E-state index contributed by atoms with van der Waals surface area (Å²) in [6.07, 6.45) is -0.0378. The van der Waals surface area contributed by atoms with Gasteiger partial charge in [-0.2, -0.15) is 0 Å². The van der Waals surface area contributed by atoms with Gasteiger partial charge in [0.05, 0.1) is 6.04 Å². The lowest BCUT2D eigenvalue weighted by atomic mass is 10.1. The highest BCUT2D eigenvalue weighted by Gasteiger charge is 2.15. The molecule has 4 N–H and O–H groups in total. The number of nitrogens with two attached hydrogens (primary N) is 1. The van der Waals surface area contributed by atoms with Gasteiger partial charge in [-0.15, -0.1) is 0 Å². The maximum absolute atomic E-state index is 11.7. The molecule has 0 saturated carbocycles. The van der Waals surface area contributed by atoms with Crippen LogP contribution < -0.4 is 11.1 Å². The SMILES string of the molecule is Cc1ccc(Cl)cc1NC(=O)C(N)CCC(=O)O. The number of amides is 1. The van der Waals surface area contributed by atoms with Crippen molar-refractivity contribution in [2.45, 2.75) is 25.8 Å². The second-order valence-electron chi connectivity index (χ2n) is 3.99. The molecule has 1 unspecified atom stereocenters. The molecule has 1 atom stereocenters. The molecule has 0 saturated heterocycles. The van der Waals surface area contributed by atoms with Crippen molar-refractivity contribution in [3.05, 3.63) is 28.8 Å². The van der Waals surface area contributed by atoms with E-state index in [-0.39, 0.29) is 12.8 Å². The van der Waals surface area contributed by atoms with Gasteiger partial charge in [-0.1, -0.05) is 17.7 Å². The summed E-state index contributed by atoms with van der Waals surface area (Å²) < 4.78 is 0. The molecule has 1 aromatic rings. The summed E-state index contributed by atoms with van der Waals surface area (Å²) in [5, 5.41) is 11.7. The van der Waals surface area contributed by atoms with Crippen molar-refractivity contribution in [3.8, 4) is 0 Å². The number of carbonyl (C=O) groups is 2. The molecule has 0 aliphatic carbocycles. The van der Waals surface area contributed by atoms with E-state index in [0.717, 1.165) is 5.56 Å². The van der Waals surface area contributed by atoms with E-state index in [4.69, 9.17) is 22.4 Å². The fraction of sp³-hybridized carbons (Fsp3) is 0.333. The maximum atomic E-state index is 11.7. The second-order valence-corrected chi connectivity index (χ2v) is 4.42. The molecular formula is C12H15ClN2O3. The Labute approximate surface area is 110 Å². The predicted octanol–water partition coefficient (Wildman–Crippen LogP) is 1.78. The zero-order valence-electron chi connectivity index (χ0n) is 9.94. The van der Waals surface area contributed by atoms with Crippen LogP contribution in [0.3, 0.4) is 0 Å². The number of benzene rings is 1. The standard InChI is InChI=1S/C12H15ClN2O3/c1-7-2-3-8(13)6-10(7)15-12(18)9(14)4-5-11(16)17/h2-3,6,9H,4-5,14H2,1H3,(H,15,18)(H,16,17). The minimum absolute atomic E-state index is 0.0980. The normalized spacial score (nSPS) is 11.9. The summed E-state index contributed by atoms with van der Waals surface area (Å²) in [5.41, 5.74) is 7.03. The summed E-state index contributed by atoms with van der Waals surface area (Å²) in [4.78, 5) is 22.1. The topological polar surface area (TPSA) is 92.4 Å². The summed E-state index contributed by atoms with van der Waals surface area (Å²) in [6.45, 7) is 1.83. The molecule has 1 rings (SSSR count). The summed E-state index contributed by atoms with van der Waals surface area (Å²) in [5.74, 6) is -1.39. The van der Waals surface area contributed by atoms with Crippen LogP contribution >= 0.6 is 11.6 Å². The van der Waals surface area contributed by atoms with Crippen LogP contribution in [-0.4, -0.2) is 23.0 Å². The van der Waals surface area contributed by atoms with Crippen molar-refractivity contribution in [2.75, 3.05) is 5.32 Å². The highest BCUT2D eigenvalue weighted by Crippen LogP contribution is 2.20. The lowest BCUT2D eigenvalue weighted by molar-refractivity contribution is -0.137. The molecular weight excluding hydrogens is 256 g/mol. The number of nitrogens with one attached hydrogen (secondary N) is 1. The molecule has 1 amide bonds. The van der Waals surface area contributed by atoms with Crippen LogP contribution in [0.4, 0.5) is 5.69 Å². The number of anilines is 1. The molecule has 0 spiro atoms. The number of rotatable bonds is 5. The van der Waals surface area contributed by atoms with Crippen molar-refractivity contribution < 1.29 is 14.7 Å². The van der Waals surface area contributed by atoms with Gasteiger partial charge in [0.25, 0.3) is 0 Å². The number of hydrogen-bond donors (Lipinski definition) is 3. The summed E-state index contributed by atoms with van der Waals surface area (Å²) in [6, 6.07) is 4.27. The molecule has 0 heterocycles. The van der Waals surface area contributed by atoms with E-state index in [1.807, 2.05) is 6.92 Å². The Morgan fingerprint density at radius 3 is 2.78 bits per heavy atom. The lowest BCUT2D eigenvalue weighted by Gasteiger charge is -2.13. The average molecular weight is 271 g/mol. The maximum Gasteiger partial charge on any atom is 0.303 e. The molecule has 0 fully saturated rings. The van der Waals surface area contributed by atoms with Crippen molar-refractivity contribution in [1.29, 1.82) is 0 Å². The molecule has 18 heavy (non-hydrogen) atoms. The number of carboxylic acids is 1. The predicted molar refractivity (Wildman–Crippen MR) is 69.7 cm³/mol. The first-order chi connectivity index (χ1) is 8.40. The van der Waals surface area contributed by atoms with Crippen LogP contribution in [-0.2, 0) is 9.59 Å². The smallest absolute Gasteiger partial charge is 0.303 e. The van der Waals surface area contributed by atoms with Crippen LogP contribution in [0.25, 0.3) is 0 Å². The Kier molecular flexibility index (Phi) is 5.12. The number of aliphatic carboxylic acids is 1. The Morgan fingerprint density at radius 2 is 2.17 bits per heavy atom. The van der Waals surface area contributed by atoms with E-state index in [1.165, 1.54) is 0 Å². The van der Waals surface area contributed by atoms with Crippen molar-refractivity contribution in [2.24, 2.45) is 5.73 Å². The van der Waals surface area contributed by atoms with Gasteiger partial charge in [0.1, 0.15) is 0 Å². The number of carbonyl (C=O) groups excluding carboxylic acids is 1. The summed E-state index contributed by atoms with van der Waals surface area (Å²) >= 11 is 5.82. The largest absolute Gasteiger partial charge is 0.481 e. The molecule has 5 nitrogen and oxygen atoms in total. The van der Waals surface area contributed by atoms with Gasteiger partial charge in [-0.25, -0.2) is 0 Å². The zero-order chi connectivity index (χ0) is 13.7. The monoisotopic (exact) mass is 270 g/mol. The van der Waals surface area contributed by atoms with E-state index in [9.17, 15) is 9.59 Å². The molecule has 0 aliphatic rings. The van der Waals surface area contributed by atoms with E-state index in [2.05, 4.69) is 5.32 Å². The Hall–Kier alpha value is -1.59. The summed E-state index contributed by atoms with van der Waals surface area (Å²) in [7, 11) is 0. The first kappa shape index (κ1) is 14.5. The van der Waals surface area contributed by atoms with Crippen LogP contribution in [0.2, 0.25) is 5.02 Å². The Balaban J connectivity index is 2.63. The highest BCUT2D eigenvalue weighted by atomic mass is 35.5. The Bertz CT molecular complexity index is 463. The van der Waals surface area contributed by atoms with E-state index >= 15 is 0 Å². The first-order valence-corrected chi connectivity index (χ1v) is 5.82. The third-order valence-electron chi connectivity index (χ3n) is 2.46. The van der Waals surface area contributed by atoms with Gasteiger partial charge in [-0.3, -0.25) is 9.59 Å². The van der Waals surface area contributed by atoms with Gasteiger partial charge >= 0.3 is 5.97 Å². The zero-order valence-corrected chi connectivity index (χ0v) is 10.7. The van der Waals surface area contributed by atoms with Crippen LogP contribution in [0.15, 0.2) is 18.2 Å². The first-order valence-electron chi connectivity index (χ1n) is 5.44. The van der Waals surface area contributed by atoms with Crippen molar-refractivity contribution in [3.63, 3.8) is 0 Å². The van der Waals surface area contributed by atoms with E-state index in [0.29, 0.717) is 10.7 Å².